The summed E-state index contributed by atoms with van der Waals surface area (Å²) in [5.41, 5.74) is 2.60. The van der Waals surface area contributed by atoms with Crippen LogP contribution in [0.2, 0.25) is 0 Å². The number of carbonyl (C=O) groups excluding carboxylic acids is 1. The van der Waals surface area contributed by atoms with E-state index < -0.39 is 0 Å². The summed E-state index contributed by atoms with van der Waals surface area (Å²) >= 11 is 0. The predicted molar refractivity (Wildman–Crippen MR) is 106 cm³/mol. The molecule has 3 rings (SSSR count). The van der Waals surface area contributed by atoms with Crippen molar-refractivity contribution >= 4 is 11.7 Å². The maximum absolute atomic E-state index is 12.0. The van der Waals surface area contributed by atoms with Gasteiger partial charge in [-0.25, -0.2) is 9.78 Å². The van der Waals surface area contributed by atoms with Gasteiger partial charge in [0.1, 0.15) is 12.4 Å². The van der Waals surface area contributed by atoms with Crippen LogP contribution >= 0.6 is 0 Å². The molecule has 2 N–H and O–H groups in total. The summed E-state index contributed by atoms with van der Waals surface area (Å²) in [6.07, 6.45) is 5.65. The molecule has 0 spiro atoms. The lowest BCUT2D eigenvalue weighted by molar-refractivity contribution is 0.251. The summed E-state index contributed by atoms with van der Waals surface area (Å²) in [6, 6.07) is 16.8. The van der Waals surface area contributed by atoms with Crippen molar-refractivity contribution in [1.29, 1.82) is 5.26 Å². The van der Waals surface area contributed by atoms with Crippen LogP contribution in [0.4, 0.5) is 10.5 Å². The van der Waals surface area contributed by atoms with Crippen molar-refractivity contribution in [3.63, 3.8) is 0 Å². The van der Waals surface area contributed by atoms with Crippen molar-refractivity contribution in [2.24, 2.45) is 0 Å². The van der Waals surface area contributed by atoms with E-state index in [1.54, 1.807) is 12.5 Å². The predicted octanol–water partition coefficient (Wildman–Crippen LogP) is 3.35. The highest BCUT2D eigenvalue weighted by Gasteiger charge is 2.03. The number of urea groups is 1. The fourth-order valence-corrected chi connectivity index (χ4v) is 2.59. The summed E-state index contributed by atoms with van der Waals surface area (Å²) in [4.78, 5) is 16.0. The molecule has 0 saturated heterocycles. The Morgan fingerprint density at radius 1 is 1.18 bits per heavy atom. The number of nitrogens with one attached hydrogen (secondary N) is 2. The maximum atomic E-state index is 12.0. The smallest absolute Gasteiger partial charge is 0.319 e. The van der Waals surface area contributed by atoms with Gasteiger partial charge < -0.3 is 19.9 Å². The molecule has 0 aliphatic rings. The number of hydrogen-bond acceptors (Lipinski definition) is 4. The van der Waals surface area contributed by atoms with Gasteiger partial charge in [-0.3, -0.25) is 0 Å². The number of anilines is 1. The van der Waals surface area contributed by atoms with Crippen LogP contribution in [0, 0.1) is 11.3 Å². The van der Waals surface area contributed by atoms with Crippen LogP contribution in [0.15, 0.2) is 67.3 Å². The molecule has 1 heterocycles. The summed E-state index contributed by atoms with van der Waals surface area (Å²) in [7, 11) is 0. The summed E-state index contributed by atoms with van der Waals surface area (Å²) in [5, 5.41) is 14.3. The number of hydrogen-bond donors (Lipinski definition) is 2. The topological polar surface area (TPSA) is 92.0 Å². The minimum absolute atomic E-state index is 0.258. The second-order valence-electron chi connectivity index (χ2n) is 6.15. The molecule has 142 valence electrons. The zero-order valence-electron chi connectivity index (χ0n) is 15.3. The zero-order valence-corrected chi connectivity index (χ0v) is 15.3. The number of ether oxygens (including phenoxy) is 1. The number of benzene rings is 2. The van der Waals surface area contributed by atoms with Crippen molar-refractivity contribution in [3.05, 3.63) is 78.4 Å². The van der Waals surface area contributed by atoms with Gasteiger partial charge in [0.15, 0.2) is 0 Å². The molecule has 2 aromatic carbocycles. The Hall–Kier alpha value is -3.79. The third kappa shape index (κ3) is 5.88. The van der Waals surface area contributed by atoms with Gasteiger partial charge in [0.25, 0.3) is 0 Å². The Labute approximate surface area is 163 Å². The first-order valence-electron chi connectivity index (χ1n) is 8.91. The number of rotatable bonds is 8. The second-order valence-corrected chi connectivity index (χ2v) is 6.15. The van der Waals surface area contributed by atoms with Crippen molar-refractivity contribution in [3.8, 4) is 11.8 Å². The Bertz CT molecular complexity index is 930. The lowest BCUT2D eigenvalue weighted by Gasteiger charge is -2.10. The van der Waals surface area contributed by atoms with E-state index in [9.17, 15) is 4.79 Å². The molecule has 28 heavy (non-hydrogen) atoms. The van der Waals surface area contributed by atoms with E-state index in [4.69, 9.17) is 10.00 Å². The average Bonchev–Trinajstić information content (AvgIpc) is 3.21. The molecule has 0 saturated carbocycles. The molecule has 2 amide bonds. The molecule has 0 aliphatic heterocycles. The second kappa shape index (κ2) is 9.78. The SMILES string of the molecule is N#CCc1ccc(OCc2cccc(NC(=O)NCCn3ccnc3)c2)cc1. The normalized spacial score (nSPS) is 10.1. The van der Waals surface area contributed by atoms with Gasteiger partial charge in [0.2, 0.25) is 0 Å². The van der Waals surface area contributed by atoms with Crippen LogP contribution in [0.1, 0.15) is 11.1 Å². The fraction of sp³-hybridized carbons (Fsp3) is 0.190. The summed E-state index contributed by atoms with van der Waals surface area (Å²) < 4.78 is 7.67. The van der Waals surface area contributed by atoms with Gasteiger partial charge in [-0.2, -0.15) is 5.26 Å². The number of nitrogens with zero attached hydrogens (tertiary/aromatic N) is 3. The first-order valence-corrected chi connectivity index (χ1v) is 8.91. The molecule has 0 bridgehead atoms. The molecule has 0 unspecified atom stereocenters. The molecule has 0 atom stereocenters. The largest absolute Gasteiger partial charge is 0.489 e. The molecule has 0 aliphatic carbocycles. The Morgan fingerprint density at radius 2 is 2.04 bits per heavy atom. The molecule has 1 aromatic heterocycles. The molecular formula is C21H21N5O2. The van der Waals surface area contributed by atoms with E-state index in [1.807, 2.05) is 59.3 Å². The van der Waals surface area contributed by atoms with E-state index in [2.05, 4.69) is 21.7 Å². The van der Waals surface area contributed by atoms with Gasteiger partial charge in [-0.1, -0.05) is 24.3 Å². The lowest BCUT2D eigenvalue weighted by Crippen LogP contribution is -2.31. The Kier molecular flexibility index (Phi) is 6.63. The molecule has 3 aromatic rings. The Balaban J connectivity index is 1.46. The van der Waals surface area contributed by atoms with Crippen LogP contribution < -0.4 is 15.4 Å². The third-order valence-corrected chi connectivity index (χ3v) is 4.01. The minimum atomic E-state index is -0.258. The highest BCUT2D eigenvalue weighted by Crippen LogP contribution is 2.16. The van der Waals surface area contributed by atoms with E-state index in [0.29, 0.717) is 31.8 Å². The van der Waals surface area contributed by atoms with Crippen molar-refractivity contribution in [1.82, 2.24) is 14.9 Å². The minimum Gasteiger partial charge on any atom is -0.489 e. The molecular weight excluding hydrogens is 354 g/mol. The van der Waals surface area contributed by atoms with Crippen LogP contribution in [0.5, 0.6) is 5.75 Å². The van der Waals surface area contributed by atoms with Gasteiger partial charge in [0, 0.05) is 31.2 Å². The Morgan fingerprint density at radius 3 is 2.79 bits per heavy atom. The van der Waals surface area contributed by atoms with Crippen LogP contribution in [-0.2, 0) is 19.6 Å². The van der Waals surface area contributed by atoms with E-state index >= 15 is 0 Å². The first kappa shape index (κ1) is 19.0. The number of nitriles is 1. The molecule has 0 radical (unpaired) electrons. The van der Waals surface area contributed by atoms with Gasteiger partial charge in [-0.05, 0) is 35.4 Å². The van der Waals surface area contributed by atoms with E-state index in [0.717, 1.165) is 16.9 Å². The van der Waals surface area contributed by atoms with Crippen molar-refractivity contribution in [2.75, 3.05) is 11.9 Å². The van der Waals surface area contributed by atoms with Gasteiger partial charge in [0.05, 0.1) is 18.8 Å². The monoisotopic (exact) mass is 375 g/mol. The van der Waals surface area contributed by atoms with Gasteiger partial charge >= 0.3 is 6.03 Å². The van der Waals surface area contributed by atoms with Crippen molar-refractivity contribution < 1.29 is 9.53 Å². The molecule has 0 fully saturated rings. The maximum Gasteiger partial charge on any atom is 0.319 e. The highest BCUT2D eigenvalue weighted by molar-refractivity contribution is 5.89. The van der Waals surface area contributed by atoms with E-state index in [1.165, 1.54) is 0 Å². The first-order chi connectivity index (χ1) is 13.7. The van der Waals surface area contributed by atoms with Crippen LogP contribution in [0.3, 0.4) is 0 Å². The zero-order chi connectivity index (χ0) is 19.6. The quantitative estimate of drug-likeness (QED) is 0.631. The fourth-order valence-electron chi connectivity index (χ4n) is 2.59. The van der Waals surface area contributed by atoms with Crippen LogP contribution in [-0.4, -0.2) is 22.1 Å². The lowest BCUT2D eigenvalue weighted by atomic mass is 10.1. The summed E-state index contributed by atoms with van der Waals surface area (Å²) in [6.45, 7) is 1.55. The standard InChI is InChI=1S/C21H21N5O2/c22-9-8-17-4-6-20(7-5-17)28-15-18-2-1-3-19(14-18)25-21(27)24-11-13-26-12-10-23-16-26/h1-7,10,12,14,16H,8,11,13,15H2,(H2,24,25,27). The van der Waals surface area contributed by atoms with Crippen LogP contribution in [0.25, 0.3) is 0 Å². The van der Waals surface area contributed by atoms with E-state index in [-0.39, 0.29) is 6.03 Å². The number of carbonyl (C=O) groups is 1. The highest BCUT2D eigenvalue weighted by atomic mass is 16.5. The molecule has 7 heteroatoms. The number of amides is 2. The van der Waals surface area contributed by atoms with Gasteiger partial charge in [-0.15, -0.1) is 0 Å². The van der Waals surface area contributed by atoms with Crippen molar-refractivity contribution in [2.45, 2.75) is 19.6 Å². The average molecular weight is 375 g/mol. The third-order valence-electron chi connectivity index (χ3n) is 4.01. The number of imidazole rings is 1. The number of aromatic nitrogens is 2. The molecule has 7 nitrogen and oxygen atoms in total. The summed E-state index contributed by atoms with van der Waals surface area (Å²) in [5.74, 6) is 0.734.